The monoisotopic (exact) mass is 142 g/mol. The topological polar surface area (TPSA) is 24.1 Å². The van der Waals surface area contributed by atoms with Crippen molar-refractivity contribution >= 4 is 11.8 Å². The Labute approximate surface area is 58.1 Å². The molecule has 0 atom stereocenters. The first-order valence-corrected chi connectivity index (χ1v) is 3.80. The zero-order chi connectivity index (χ0) is 6.69. The first kappa shape index (κ1) is 6.42. The molecule has 0 unspecified atom stereocenters. The summed E-state index contributed by atoms with van der Waals surface area (Å²) >= 11 is 1.65. The number of thioether (sulfide) groups is 1. The van der Waals surface area contributed by atoms with Crippen molar-refractivity contribution in [2.24, 2.45) is 0 Å². The van der Waals surface area contributed by atoms with Crippen molar-refractivity contribution in [1.82, 2.24) is 0 Å². The van der Waals surface area contributed by atoms with E-state index in [0.29, 0.717) is 0 Å². The SMILES string of the molecule is CSc1cc[n+](O)cc1. The second-order valence-electron chi connectivity index (χ2n) is 1.62. The maximum atomic E-state index is 8.76. The van der Waals surface area contributed by atoms with Gasteiger partial charge in [-0.2, -0.15) is 0 Å². The van der Waals surface area contributed by atoms with Crippen LogP contribution in [0.25, 0.3) is 0 Å². The van der Waals surface area contributed by atoms with Gasteiger partial charge in [-0.1, -0.05) is 0 Å². The van der Waals surface area contributed by atoms with Crippen molar-refractivity contribution in [2.75, 3.05) is 6.26 Å². The molecule has 0 saturated carbocycles. The third-order valence-corrected chi connectivity index (χ3v) is 1.76. The van der Waals surface area contributed by atoms with Crippen molar-refractivity contribution in [3.63, 3.8) is 0 Å². The molecule has 1 N–H and O–H groups in total. The summed E-state index contributed by atoms with van der Waals surface area (Å²) in [5.41, 5.74) is 0. The summed E-state index contributed by atoms with van der Waals surface area (Å²) in [6, 6.07) is 3.70. The molecule has 0 aliphatic heterocycles. The maximum Gasteiger partial charge on any atom is 0.223 e. The van der Waals surface area contributed by atoms with Gasteiger partial charge in [-0.3, -0.25) is 5.21 Å². The predicted octanol–water partition coefficient (Wildman–Crippen LogP) is 0.933. The van der Waals surface area contributed by atoms with E-state index in [4.69, 9.17) is 5.21 Å². The molecule has 0 aliphatic carbocycles. The highest BCUT2D eigenvalue weighted by Gasteiger charge is 1.93. The fraction of sp³-hybridized carbons (Fsp3) is 0.167. The minimum atomic E-state index is 1.03. The lowest BCUT2D eigenvalue weighted by Gasteiger charge is -1.87. The Hall–Kier alpha value is -0.700. The Morgan fingerprint density at radius 1 is 1.44 bits per heavy atom. The minimum Gasteiger partial charge on any atom is -0.285 e. The summed E-state index contributed by atoms with van der Waals surface area (Å²) in [4.78, 5) is 1.15. The Balaban J connectivity index is 2.88. The van der Waals surface area contributed by atoms with Crippen molar-refractivity contribution in [3.05, 3.63) is 24.5 Å². The molecule has 0 amide bonds. The van der Waals surface area contributed by atoms with Gasteiger partial charge in [-0.15, -0.1) is 11.8 Å². The highest BCUT2D eigenvalue weighted by molar-refractivity contribution is 7.98. The standard InChI is InChI=1S/C6H8NOS/c1-9-6-2-4-7(8)5-3-6/h2-5,8H,1H3/q+1. The fourth-order valence-corrected chi connectivity index (χ4v) is 0.935. The number of nitrogens with zero attached hydrogens (tertiary/aromatic N) is 1. The van der Waals surface area contributed by atoms with Crippen molar-refractivity contribution in [2.45, 2.75) is 4.90 Å². The van der Waals surface area contributed by atoms with E-state index in [2.05, 4.69) is 0 Å². The lowest BCUT2D eigenvalue weighted by molar-refractivity contribution is -0.905. The van der Waals surface area contributed by atoms with Crippen LogP contribution in [0.3, 0.4) is 0 Å². The summed E-state index contributed by atoms with van der Waals surface area (Å²) in [5, 5.41) is 8.76. The molecule has 1 heterocycles. The van der Waals surface area contributed by atoms with E-state index >= 15 is 0 Å². The van der Waals surface area contributed by atoms with Crippen molar-refractivity contribution in [1.29, 1.82) is 0 Å². The van der Waals surface area contributed by atoms with Crippen LogP contribution in [-0.2, 0) is 0 Å². The molecular formula is C6H8NOS+. The Bertz CT molecular complexity index is 185. The van der Waals surface area contributed by atoms with Crippen molar-refractivity contribution < 1.29 is 9.94 Å². The number of hydrogen-bond acceptors (Lipinski definition) is 2. The first-order valence-electron chi connectivity index (χ1n) is 2.57. The zero-order valence-electron chi connectivity index (χ0n) is 5.11. The van der Waals surface area contributed by atoms with Crippen LogP contribution in [0, 0.1) is 0 Å². The largest absolute Gasteiger partial charge is 0.285 e. The molecule has 9 heavy (non-hydrogen) atoms. The molecule has 0 radical (unpaired) electrons. The van der Waals surface area contributed by atoms with Crippen LogP contribution in [0.1, 0.15) is 0 Å². The molecule has 0 aliphatic rings. The average Bonchev–Trinajstić information content (AvgIpc) is 1.90. The van der Waals surface area contributed by atoms with Gasteiger partial charge in [0.05, 0.1) is 0 Å². The molecule has 1 aromatic rings. The molecule has 0 spiro atoms. The zero-order valence-corrected chi connectivity index (χ0v) is 5.93. The van der Waals surface area contributed by atoms with Crippen LogP contribution in [0.4, 0.5) is 0 Å². The van der Waals surface area contributed by atoms with Gasteiger partial charge in [-0.05, 0) is 6.26 Å². The van der Waals surface area contributed by atoms with Crippen LogP contribution in [0.2, 0.25) is 0 Å². The summed E-state index contributed by atoms with van der Waals surface area (Å²) in [6.07, 6.45) is 5.20. The average molecular weight is 142 g/mol. The van der Waals surface area contributed by atoms with E-state index in [1.807, 2.05) is 18.4 Å². The van der Waals surface area contributed by atoms with E-state index in [1.165, 1.54) is 0 Å². The molecule has 2 nitrogen and oxygen atoms in total. The van der Waals surface area contributed by atoms with Gasteiger partial charge < -0.3 is 0 Å². The van der Waals surface area contributed by atoms with Gasteiger partial charge >= 0.3 is 0 Å². The fourth-order valence-electron chi connectivity index (χ4n) is 0.541. The second kappa shape index (κ2) is 2.73. The van der Waals surface area contributed by atoms with Crippen LogP contribution >= 0.6 is 11.8 Å². The van der Waals surface area contributed by atoms with Gasteiger partial charge in [0, 0.05) is 21.8 Å². The molecule has 1 aromatic heterocycles. The predicted molar refractivity (Wildman–Crippen MR) is 35.6 cm³/mol. The Morgan fingerprint density at radius 3 is 2.44 bits per heavy atom. The molecule has 48 valence electrons. The third-order valence-electron chi connectivity index (χ3n) is 1.02. The molecule has 0 saturated heterocycles. The van der Waals surface area contributed by atoms with Crippen LogP contribution in [0.15, 0.2) is 29.4 Å². The first-order chi connectivity index (χ1) is 4.33. The molecule has 0 aromatic carbocycles. The van der Waals surface area contributed by atoms with E-state index in [9.17, 15) is 0 Å². The number of hydrogen-bond donors (Lipinski definition) is 1. The summed E-state index contributed by atoms with van der Waals surface area (Å²) in [6.45, 7) is 0. The normalized spacial score (nSPS) is 9.44. The smallest absolute Gasteiger partial charge is 0.223 e. The molecule has 1 rings (SSSR count). The Morgan fingerprint density at radius 2 is 2.00 bits per heavy atom. The lowest BCUT2D eigenvalue weighted by atomic mass is 10.5. The van der Waals surface area contributed by atoms with E-state index in [-0.39, 0.29) is 0 Å². The molecule has 0 bridgehead atoms. The van der Waals surface area contributed by atoms with Gasteiger partial charge in [0.15, 0.2) is 0 Å². The van der Waals surface area contributed by atoms with Crippen LogP contribution in [0.5, 0.6) is 0 Å². The number of aromatic nitrogens is 1. The summed E-state index contributed by atoms with van der Waals surface area (Å²) < 4.78 is 1.03. The van der Waals surface area contributed by atoms with E-state index < -0.39 is 0 Å². The lowest BCUT2D eigenvalue weighted by Crippen LogP contribution is -2.27. The third kappa shape index (κ3) is 1.61. The van der Waals surface area contributed by atoms with Gasteiger partial charge in [-0.25, -0.2) is 0 Å². The summed E-state index contributed by atoms with van der Waals surface area (Å²) in [7, 11) is 0. The van der Waals surface area contributed by atoms with Crippen molar-refractivity contribution in [3.8, 4) is 0 Å². The number of pyridine rings is 1. The number of rotatable bonds is 1. The Kier molecular flexibility index (Phi) is 1.95. The van der Waals surface area contributed by atoms with Crippen LogP contribution in [-0.4, -0.2) is 11.5 Å². The highest BCUT2D eigenvalue weighted by Crippen LogP contribution is 2.09. The highest BCUT2D eigenvalue weighted by atomic mass is 32.2. The maximum absolute atomic E-state index is 8.76. The second-order valence-corrected chi connectivity index (χ2v) is 2.50. The van der Waals surface area contributed by atoms with Gasteiger partial charge in [0.1, 0.15) is 0 Å². The molecular weight excluding hydrogens is 134 g/mol. The minimum absolute atomic E-state index is 1.03. The van der Waals surface area contributed by atoms with Crippen LogP contribution < -0.4 is 4.73 Å². The van der Waals surface area contributed by atoms with Gasteiger partial charge in [0.2, 0.25) is 12.4 Å². The quantitative estimate of drug-likeness (QED) is 0.358. The molecule has 3 heteroatoms. The molecule has 0 fully saturated rings. The van der Waals surface area contributed by atoms with Gasteiger partial charge in [0.25, 0.3) is 0 Å². The van der Waals surface area contributed by atoms with E-state index in [1.54, 1.807) is 24.2 Å². The summed E-state index contributed by atoms with van der Waals surface area (Å²) in [5.74, 6) is 0. The van der Waals surface area contributed by atoms with E-state index in [0.717, 1.165) is 9.63 Å².